The minimum Gasteiger partial charge on any atom is -0.467 e. The van der Waals surface area contributed by atoms with Crippen molar-refractivity contribution in [2.75, 3.05) is 19.0 Å². The highest BCUT2D eigenvalue weighted by molar-refractivity contribution is 5.84. The lowest BCUT2D eigenvalue weighted by molar-refractivity contribution is -0.151. The number of nitrogens with one attached hydrogen (secondary N) is 1. The molecule has 0 radical (unpaired) electrons. The molecule has 1 N–H and O–H groups in total. The molecule has 1 heterocycles. The molecular formula is C16H22FNO3. The van der Waals surface area contributed by atoms with Crippen LogP contribution in [0.5, 0.6) is 0 Å². The first-order chi connectivity index (χ1) is 10.1. The van der Waals surface area contributed by atoms with Crippen molar-refractivity contribution in [3.05, 3.63) is 30.1 Å². The molecule has 2 rings (SSSR count). The van der Waals surface area contributed by atoms with Crippen LogP contribution in [0.1, 0.15) is 32.6 Å². The second-order valence-electron chi connectivity index (χ2n) is 5.44. The summed E-state index contributed by atoms with van der Waals surface area (Å²) in [4.78, 5) is 12.3. The van der Waals surface area contributed by atoms with Crippen molar-refractivity contribution in [3.63, 3.8) is 0 Å². The van der Waals surface area contributed by atoms with Crippen molar-refractivity contribution in [1.82, 2.24) is 0 Å². The molecule has 0 saturated carbocycles. The van der Waals surface area contributed by atoms with Gasteiger partial charge < -0.3 is 14.8 Å². The topological polar surface area (TPSA) is 47.6 Å². The fraction of sp³-hybridized carbons (Fsp3) is 0.562. The maximum Gasteiger partial charge on any atom is 0.331 e. The number of esters is 1. The minimum absolute atomic E-state index is 0.0378. The zero-order valence-corrected chi connectivity index (χ0v) is 12.5. The normalized spacial score (nSPS) is 25.4. The first kappa shape index (κ1) is 15.8. The Morgan fingerprint density at radius 1 is 1.48 bits per heavy atom. The van der Waals surface area contributed by atoms with Crippen molar-refractivity contribution in [2.45, 2.75) is 44.2 Å². The van der Waals surface area contributed by atoms with Crippen molar-refractivity contribution in [1.29, 1.82) is 0 Å². The van der Waals surface area contributed by atoms with Crippen LogP contribution in [-0.2, 0) is 14.3 Å². The molecule has 1 aliphatic heterocycles. The summed E-state index contributed by atoms with van der Waals surface area (Å²) in [5, 5.41) is 3.24. The average Bonchev–Trinajstić information content (AvgIpc) is 2.49. The van der Waals surface area contributed by atoms with E-state index in [-0.39, 0.29) is 17.9 Å². The van der Waals surface area contributed by atoms with Crippen molar-refractivity contribution < 1.29 is 18.7 Å². The van der Waals surface area contributed by atoms with Gasteiger partial charge in [0.05, 0.1) is 13.2 Å². The molecule has 1 aromatic carbocycles. The summed E-state index contributed by atoms with van der Waals surface area (Å²) in [6.45, 7) is 2.60. The van der Waals surface area contributed by atoms with Crippen molar-refractivity contribution >= 4 is 11.7 Å². The molecule has 0 aromatic heterocycles. The number of halogens is 1. The lowest BCUT2D eigenvalue weighted by Crippen LogP contribution is -2.53. The quantitative estimate of drug-likeness (QED) is 0.848. The Morgan fingerprint density at radius 2 is 2.19 bits per heavy atom. The largest absolute Gasteiger partial charge is 0.467 e. The zero-order chi connectivity index (χ0) is 15.3. The summed E-state index contributed by atoms with van der Waals surface area (Å²) >= 11 is 0. The van der Waals surface area contributed by atoms with Crippen molar-refractivity contribution in [2.24, 2.45) is 0 Å². The Hall–Kier alpha value is -1.62. The molecule has 1 aliphatic rings. The number of anilines is 1. The standard InChI is InChI=1S/C16H22FNO3/c1-3-4-14-11-16(9-10-21-14,15(19)20-2)18-13-7-5-12(17)6-8-13/h5-8,14,18H,3-4,9-11H2,1-2H3. The average molecular weight is 295 g/mol. The van der Waals surface area contributed by atoms with Gasteiger partial charge in [-0.3, -0.25) is 0 Å². The first-order valence-electron chi connectivity index (χ1n) is 7.33. The van der Waals surface area contributed by atoms with Crippen LogP contribution < -0.4 is 5.32 Å². The van der Waals surface area contributed by atoms with Gasteiger partial charge in [-0.15, -0.1) is 0 Å². The molecule has 21 heavy (non-hydrogen) atoms. The molecule has 5 heteroatoms. The van der Waals surface area contributed by atoms with Crippen molar-refractivity contribution in [3.8, 4) is 0 Å². The summed E-state index contributed by atoms with van der Waals surface area (Å²) in [6.07, 6.45) is 3.04. The Labute approximate surface area is 124 Å². The van der Waals surface area contributed by atoms with Crippen LogP contribution in [0, 0.1) is 5.82 Å². The van der Waals surface area contributed by atoms with Gasteiger partial charge in [0, 0.05) is 25.1 Å². The van der Waals surface area contributed by atoms with E-state index in [1.165, 1.54) is 19.2 Å². The van der Waals surface area contributed by atoms with E-state index < -0.39 is 5.54 Å². The predicted molar refractivity (Wildman–Crippen MR) is 78.7 cm³/mol. The Balaban J connectivity index is 2.20. The number of rotatable bonds is 5. The molecule has 0 amide bonds. The van der Waals surface area contributed by atoms with Gasteiger partial charge in [-0.05, 0) is 30.7 Å². The summed E-state index contributed by atoms with van der Waals surface area (Å²) in [5.41, 5.74) is -0.0936. The lowest BCUT2D eigenvalue weighted by atomic mass is 9.85. The highest BCUT2D eigenvalue weighted by Crippen LogP contribution is 2.32. The molecule has 1 aromatic rings. The second kappa shape index (κ2) is 6.89. The van der Waals surface area contributed by atoms with E-state index in [1.807, 2.05) is 0 Å². The highest BCUT2D eigenvalue weighted by atomic mass is 19.1. The van der Waals surface area contributed by atoms with Crippen LogP contribution in [-0.4, -0.2) is 31.3 Å². The van der Waals surface area contributed by atoms with E-state index >= 15 is 0 Å². The fourth-order valence-corrected chi connectivity index (χ4v) is 2.81. The third-order valence-electron chi connectivity index (χ3n) is 3.87. The summed E-state index contributed by atoms with van der Waals surface area (Å²) in [6, 6.07) is 6.00. The third-order valence-corrected chi connectivity index (χ3v) is 3.87. The highest BCUT2D eigenvalue weighted by Gasteiger charge is 2.44. The number of carbonyl (C=O) groups is 1. The SMILES string of the molecule is CCCC1CC(Nc2ccc(F)cc2)(C(=O)OC)CCO1. The van der Waals surface area contributed by atoms with E-state index in [0.717, 1.165) is 12.8 Å². The summed E-state index contributed by atoms with van der Waals surface area (Å²) in [5.74, 6) is -0.597. The first-order valence-corrected chi connectivity index (χ1v) is 7.33. The second-order valence-corrected chi connectivity index (χ2v) is 5.44. The van der Waals surface area contributed by atoms with E-state index in [4.69, 9.17) is 9.47 Å². The Kier molecular flexibility index (Phi) is 5.17. The number of hydrogen-bond donors (Lipinski definition) is 1. The van der Waals surface area contributed by atoms with E-state index in [2.05, 4.69) is 12.2 Å². The minimum atomic E-state index is -0.801. The van der Waals surface area contributed by atoms with Gasteiger partial charge in [0.2, 0.25) is 0 Å². The Bertz CT molecular complexity index is 475. The molecule has 4 nitrogen and oxygen atoms in total. The van der Waals surface area contributed by atoms with Gasteiger partial charge in [-0.2, -0.15) is 0 Å². The molecule has 0 bridgehead atoms. The number of hydrogen-bond acceptors (Lipinski definition) is 4. The van der Waals surface area contributed by atoms with Crippen LogP contribution in [0.4, 0.5) is 10.1 Å². The Morgan fingerprint density at radius 3 is 2.81 bits per heavy atom. The molecule has 2 atom stereocenters. The van der Waals surface area contributed by atoms with Crippen LogP contribution >= 0.6 is 0 Å². The summed E-state index contributed by atoms with van der Waals surface area (Å²) < 4.78 is 23.7. The third kappa shape index (κ3) is 3.73. The van der Waals surface area contributed by atoms with Gasteiger partial charge in [0.15, 0.2) is 0 Å². The number of carbonyl (C=O) groups excluding carboxylic acids is 1. The van der Waals surface area contributed by atoms with Gasteiger partial charge in [-0.1, -0.05) is 13.3 Å². The summed E-state index contributed by atoms with van der Waals surface area (Å²) in [7, 11) is 1.39. The number of ether oxygens (including phenoxy) is 2. The van der Waals surface area contributed by atoms with Crippen LogP contribution in [0.2, 0.25) is 0 Å². The molecule has 0 spiro atoms. The molecule has 1 saturated heterocycles. The van der Waals surface area contributed by atoms with Crippen LogP contribution in [0.15, 0.2) is 24.3 Å². The maximum absolute atomic E-state index is 13.0. The molecule has 1 fully saturated rings. The number of benzene rings is 1. The van der Waals surface area contributed by atoms with E-state index in [1.54, 1.807) is 12.1 Å². The molecule has 0 aliphatic carbocycles. The monoisotopic (exact) mass is 295 g/mol. The lowest BCUT2D eigenvalue weighted by Gasteiger charge is -2.39. The van der Waals surface area contributed by atoms with Gasteiger partial charge in [0.1, 0.15) is 11.4 Å². The van der Waals surface area contributed by atoms with Crippen LogP contribution in [0.25, 0.3) is 0 Å². The molecular weight excluding hydrogens is 273 g/mol. The molecule has 2 unspecified atom stereocenters. The van der Waals surface area contributed by atoms with Gasteiger partial charge >= 0.3 is 5.97 Å². The maximum atomic E-state index is 13.0. The number of methoxy groups -OCH3 is 1. The van der Waals surface area contributed by atoms with E-state index in [9.17, 15) is 9.18 Å². The smallest absolute Gasteiger partial charge is 0.331 e. The van der Waals surface area contributed by atoms with E-state index in [0.29, 0.717) is 25.1 Å². The van der Waals surface area contributed by atoms with Crippen LogP contribution in [0.3, 0.4) is 0 Å². The molecule has 116 valence electrons. The fourth-order valence-electron chi connectivity index (χ4n) is 2.81. The van der Waals surface area contributed by atoms with Gasteiger partial charge in [0.25, 0.3) is 0 Å². The predicted octanol–water partition coefficient (Wildman–Crippen LogP) is 3.13. The van der Waals surface area contributed by atoms with Gasteiger partial charge in [-0.25, -0.2) is 9.18 Å². The zero-order valence-electron chi connectivity index (χ0n) is 12.5.